The van der Waals surface area contributed by atoms with Gasteiger partial charge in [-0.3, -0.25) is 9.89 Å². The number of carbonyl (C=O) groups excluding carboxylic acids is 1. The fourth-order valence-electron chi connectivity index (χ4n) is 1.51. The minimum Gasteiger partial charge on any atom is -0.475 e. The van der Waals surface area contributed by atoms with Crippen molar-refractivity contribution in [2.45, 2.75) is 13.3 Å². The molecule has 0 radical (unpaired) electrons. The molecule has 8 heteroatoms. The summed E-state index contributed by atoms with van der Waals surface area (Å²) in [6.45, 7) is 2.84. The van der Waals surface area contributed by atoms with E-state index in [0.29, 0.717) is 37.0 Å². The number of pyridine rings is 1. The topological polar surface area (TPSA) is 102 Å². The molecule has 21 heavy (non-hydrogen) atoms. The Morgan fingerprint density at radius 1 is 1.38 bits per heavy atom. The van der Waals surface area contributed by atoms with Gasteiger partial charge in [0.1, 0.15) is 12.4 Å². The molecule has 0 aliphatic heterocycles. The van der Waals surface area contributed by atoms with Crippen LogP contribution in [-0.4, -0.2) is 46.4 Å². The Kier molecular flexibility index (Phi) is 5.22. The molecule has 1 amide bonds. The second-order valence-corrected chi connectivity index (χ2v) is 4.14. The van der Waals surface area contributed by atoms with E-state index in [9.17, 15) is 4.79 Å². The van der Waals surface area contributed by atoms with Crippen LogP contribution >= 0.6 is 0 Å². The maximum atomic E-state index is 11.9. The third-order valence-corrected chi connectivity index (χ3v) is 2.60. The van der Waals surface area contributed by atoms with Gasteiger partial charge in [0, 0.05) is 19.6 Å². The normalized spacial score (nSPS) is 10.4. The lowest BCUT2D eigenvalue weighted by molar-refractivity contribution is 0.101. The maximum absolute atomic E-state index is 11.9. The average Bonchev–Trinajstić information content (AvgIpc) is 2.98. The summed E-state index contributed by atoms with van der Waals surface area (Å²) in [5.74, 6) is 0.851. The molecule has 2 N–H and O–H groups in total. The van der Waals surface area contributed by atoms with E-state index in [0.717, 1.165) is 0 Å². The highest BCUT2D eigenvalue weighted by atomic mass is 16.5. The number of hydrogen-bond acceptors (Lipinski definition) is 6. The van der Waals surface area contributed by atoms with Gasteiger partial charge in [0.15, 0.2) is 0 Å². The van der Waals surface area contributed by atoms with Crippen molar-refractivity contribution in [1.82, 2.24) is 20.2 Å². The number of hydrogen-bond donors (Lipinski definition) is 2. The summed E-state index contributed by atoms with van der Waals surface area (Å²) in [6, 6.07) is 3.36. The zero-order chi connectivity index (χ0) is 15.1. The number of nitrogens with zero attached hydrogens (tertiary/aromatic N) is 3. The summed E-state index contributed by atoms with van der Waals surface area (Å²) in [6.07, 6.45) is 2.20. The maximum Gasteiger partial charge on any atom is 0.295 e. The van der Waals surface area contributed by atoms with Crippen molar-refractivity contribution in [2.24, 2.45) is 0 Å². The molecule has 8 nitrogen and oxygen atoms in total. The monoisotopic (exact) mass is 291 g/mol. The van der Waals surface area contributed by atoms with Crippen molar-refractivity contribution in [1.29, 1.82) is 0 Å². The van der Waals surface area contributed by atoms with Crippen molar-refractivity contribution in [3.05, 3.63) is 30.0 Å². The predicted octanol–water partition coefficient (Wildman–Crippen LogP) is 1.04. The Bertz CT molecular complexity index is 582. The molecule has 0 aliphatic carbocycles. The zero-order valence-corrected chi connectivity index (χ0v) is 11.9. The molecule has 0 saturated heterocycles. The SMILES string of the molecule is CCc1nc(C(=O)Nc2ccc(OCCOC)nc2)n[nH]1. The van der Waals surface area contributed by atoms with Crippen molar-refractivity contribution >= 4 is 11.6 Å². The lowest BCUT2D eigenvalue weighted by atomic mass is 10.4. The van der Waals surface area contributed by atoms with E-state index in [1.807, 2.05) is 6.92 Å². The highest BCUT2D eigenvalue weighted by Gasteiger charge is 2.12. The van der Waals surface area contributed by atoms with Crippen molar-refractivity contribution < 1.29 is 14.3 Å². The predicted molar refractivity (Wildman–Crippen MR) is 75.3 cm³/mol. The van der Waals surface area contributed by atoms with Crippen LogP contribution in [0, 0.1) is 0 Å². The summed E-state index contributed by atoms with van der Waals surface area (Å²) in [5.41, 5.74) is 0.543. The molecule has 2 aromatic rings. The minimum atomic E-state index is -0.388. The second-order valence-electron chi connectivity index (χ2n) is 4.14. The standard InChI is InChI=1S/C13H17N5O3/c1-3-10-16-12(18-17-10)13(19)15-9-4-5-11(14-8-9)21-7-6-20-2/h4-5,8H,3,6-7H2,1-2H3,(H,15,19)(H,16,17,18). The number of methoxy groups -OCH3 is 1. The van der Waals surface area contributed by atoms with Crippen LogP contribution in [0.15, 0.2) is 18.3 Å². The van der Waals surface area contributed by atoms with Crippen molar-refractivity contribution in [3.63, 3.8) is 0 Å². The van der Waals surface area contributed by atoms with Crippen molar-refractivity contribution in [3.8, 4) is 5.88 Å². The molecule has 0 fully saturated rings. The first-order valence-electron chi connectivity index (χ1n) is 6.53. The fourth-order valence-corrected chi connectivity index (χ4v) is 1.51. The number of aryl methyl sites for hydroxylation is 1. The number of aromatic nitrogens is 4. The third-order valence-electron chi connectivity index (χ3n) is 2.60. The number of ether oxygens (including phenoxy) is 2. The van der Waals surface area contributed by atoms with E-state index in [1.165, 1.54) is 6.20 Å². The second kappa shape index (κ2) is 7.34. The number of rotatable bonds is 7. The molecular weight excluding hydrogens is 274 g/mol. The van der Waals surface area contributed by atoms with Crippen LogP contribution in [0.4, 0.5) is 5.69 Å². The highest BCUT2D eigenvalue weighted by Crippen LogP contribution is 2.12. The summed E-state index contributed by atoms with van der Waals surface area (Å²) in [5, 5.41) is 9.20. The van der Waals surface area contributed by atoms with Crippen LogP contribution in [0.5, 0.6) is 5.88 Å². The number of nitrogens with one attached hydrogen (secondary N) is 2. The average molecular weight is 291 g/mol. The minimum absolute atomic E-state index is 0.104. The quantitative estimate of drug-likeness (QED) is 0.739. The van der Waals surface area contributed by atoms with Gasteiger partial charge in [0.2, 0.25) is 11.7 Å². The Morgan fingerprint density at radius 2 is 2.24 bits per heavy atom. The molecule has 112 valence electrons. The lowest BCUT2D eigenvalue weighted by Gasteiger charge is -2.06. The smallest absolute Gasteiger partial charge is 0.295 e. The van der Waals surface area contributed by atoms with Crippen LogP contribution in [0.3, 0.4) is 0 Å². The van der Waals surface area contributed by atoms with E-state index >= 15 is 0 Å². The van der Waals surface area contributed by atoms with Gasteiger partial charge < -0.3 is 14.8 Å². The molecular formula is C13H17N5O3. The summed E-state index contributed by atoms with van der Waals surface area (Å²) >= 11 is 0. The molecule has 0 saturated carbocycles. The van der Waals surface area contributed by atoms with E-state index in [4.69, 9.17) is 9.47 Å². The Hall–Kier alpha value is -2.48. The van der Waals surface area contributed by atoms with Gasteiger partial charge >= 0.3 is 0 Å². The van der Waals surface area contributed by atoms with Crippen LogP contribution in [-0.2, 0) is 11.2 Å². The number of anilines is 1. The Labute approximate surface area is 121 Å². The molecule has 0 unspecified atom stereocenters. The van der Waals surface area contributed by atoms with E-state index in [-0.39, 0.29) is 11.7 Å². The van der Waals surface area contributed by atoms with Crippen LogP contribution in [0.25, 0.3) is 0 Å². The van der Waals surface area contributed by atoms with Gasteiger partial charge in [0.25, 0.3) is 5.91 Å². The van der Waals surface area contributed by atoms with Gasteiger partial charge in [-0.25, -0.2) is 9.97 Å². The number of amides is 1. The van der Waals surface area contributed by atoms with E-state index in [1.54, 1.807) is 19.2 Å². The summed E-state index contributed by atoms with van der Waals surface area (Å²) in [4.78, 5) is 20.0. The zero-order valence-electron chi connectivity index (χ0n) is 11.9. The molecule has 0 aliphatic rings. The van der Waals surface area contributed by atoms with Crippen LogP contribution in [0.1, 0.15) is 23.4 Å². The first-order valence-corrected chi connectivity index (χ1v) is 6.53. The van der Waals surface area contributed by atoms with E-state index < -0.39 is 0 Å². The first-order chi connectivity index (χ1) is 10.2. The first kappa shape index (κ1) is 14.9. The number of H-pyrrole nitrogens is 1. The Balaban J connectivity index is 1.91. The van der Waals surface area contributed by atoms with Gasteiger partial charge in [-0.05, 0) is 6.07 Å². The van der Waals surface area contributed by atoms with Gasteiger partial charge in [0.05, 0.1) is 18.5 Å². The molecule has 0 atom stereocenters. The fraction of sp³-hybridized carbons (Fsp3) is 0.385. The third kappa shape index (κ3) is 4.25. The van der Waals surface area contributed by atoms with Crippen LogP contribution in [0.2, 0.25) is 0 Å². The summed E-state index contributed by atoms with van der Waals surface area (Å²) in [7, 11) is 1.60. The van der Waals surface area contributed by atoms with E-state index in [2.05, 4.69) is 25.5 Å². The largest absolute Gasteiger partial charge is 0.475 e. The lowest BCUT2D eigenvalue weighted by Crippen LogP contribution is -2.14. The van der Waals surface area contributed by atoms with Gasteiger partial charge in [-0.1, -0.05) is 6.92 Å². The molecule has 2 heterocycles. The van der Waals surface area contributed by atoms with Crippen molar-refractivity contribution in [2.75, 3.05) is 25.6 Å². The summed E-state index contributed by atoms with van der Waals surface area (Å²) < 4.78 is 10.2. The molecule has 2 aromatic heterocycles. The molecule has 2 rings (SSSR count). The van der Waals surface area contributed by atoms with Gasteiger partial charge in [-0.15, -0.1) is 5.10 Å². The number of aromatic amines is 1. The highest BCUT2D eigenvalue weighted by molar-refractivity contribution is 6.01. The molecule has 0 bridgehead atoms. The van der Waals surface area contributed by atoms with Gasteiger partial charge in [-0.2, -0.15) is 0 Å². The number of carbonyl (C=O) groups is 1. The molecule has 0 aromatic carbocycles. The molecule has 0 spiro atoms. The van der Waals surface area contributed by atoms with Crippen LogP contribution < -0.4 is 10.1 Å². The Morgan fingerprint density at radius 3 is 2.86 bits per heavy atom.